The van der Waals surface area contributed by atoms with Crippen molar-refractivity contribution in [1.82, 2.24) is 0 Å². The van der Waals surface area contributed by atoms with Crippen LogP contribution in [0.4, 0.5) is 0 Å². The number of hydrogen-bond donors (Lipinski definition) is 0. The van der Waals surface area contributed by atoms with Crippen LogP contribution >= 0.6 is 0 Å². The van der Waals surface area contributed by atoms with Crippen LogP contribution in [0, 0.1) is 12.8 Å². The van der Waals surface area contributed by atoms with E-state index in [1.54, 1.807) is 0 Å². The van der Waals surface area contributed by atoms with Crippen molar-refractivity contribution in [3.63, 3.8) is 0 Å². The molecule has 1 nitrogen and oxygen atoms in total. The molecule has 0 aromatic heterocycles. The minimum absolute atomic E-state index is 0. The van der Waals surface area contributed by atoms with Crippen molar-refractivity contribution in [3.8, 4) is 0 Å². The van der Waals surface area contributed by atoms with Gasteiger partial charge >= 0.3 is 21.7 Å². The van der Waals surface area contributed by atoms with Crippen molar-refractivity contribution in [2.24, 2.45) is 5.92 Å². The molecule has 0 heterocycles. The van der Waals surface area contributed by atoms with Gasteiger partial charge in [-0.05, 0) is 0 Å². The first kappa shape index (κ1) is 15.9. The topological polar surface area (TPSA) is 33.5 Å². The quantitative estimate of drug-likeness (QED) is 0.347. The van der Waals surface area contributed by atoms with Crippen LogP contribution in [-0.4, -0.2) is 0 Å². The molecular formula is C4H11NTi. The summed E-state index contributed by atoms with van der Waals surface area (Å²) >= 11 is 0. The summed E-state index contributed by atoms with van der Waals surface area (Å²) in [6, 6.07) is 0. The normalized spacial score (nSPS) is 6.00. The number of nitrogens with two attached hydrogens (primary N) is 1. The molecule has 2 heteroatoms. The third kappa shape index (κ3) is 139. The Balaban J connectivity index is -0.0000000450. The van der Waals surface area contributed by atoms with Crippen LogP contribution in [0.25, 0.3) is 6.15 Å². The molecule has 0 aliphatic carbocycles. The van der Waals surface area contributed by atoms with Gasteiger partial charge in [0.05, 0.1) is 0 Å². The molecule has 0 aliphatic rings. The Morgan fingerprint density at radius 1 is 1.33 bits per heavy atom. The maximum Gasteiger partial charge on any atom is 2.00 e. The van der Waals surface area contributed by atoms with Gasteiger partial charge in [0.15, 0.2) is 0 Å². The zero-order valence-corrected chi connectivity index (χ0v) is 5.92. The molecule has 0 bridgehead atoms. The van der Waals surface area contributed by atoms with E-state index in [4.69, 9.17) is 0 Å². The zero-order chi connectivity index (χ0) is 3.58. The fourth-order valence-electron chi connectivity index (χ4n) is 0. The fourth-order valence-corrected chi connectivity index (χ4v) is 0. The van der Waals surface area contributed by atoms with Crippen molar-refractivity contribution in [2.75, 3.05) is 0 Å². The van der Waals surface area contributed by atoms with E-state index in [0.717, 1.165) is 0 Å². The molecule has 0 atom stereocenters. The Morgan fingerprint density at radius 3 is 1.33 bits per heavy atom. The Kier molecular flexibility index (Phi) is 24.4. The average molecular weight is 121 g/mol. The van der Waals surface area contributed by atoms with Crippen molar-refractivity contribution in [1.29, 1.82) is 0 Å². The molecule has 0 fully saturated rings. The van der Waals surface area contributed by atoms with Gasteiger partial charge in [0, 0.05) is 0 Å². The van der Waals surface area contributed by atoms with E-state index in [0.29, 0.717) is 5.92 Å². The van der Waals surface area contributed by atoms with Gasteiger partial charge < -0.3 is 13.1 Å². The molecular weight excluding hydrogens is 110 g/mol. The molecule has 0 saturated carbocycles. The smallest absolute Gasteiger partial charge is 0.693 e. The molecule has 36 valence electrons. The first-order valence-electron chi connectivity index (χ1n) is 1.56. The van der Waals surface area contributed by atoms with Gasteiger partial charge in [-0.15, -0.1) is 0 Å². The van der Waals surface area contributed by atoms with E-state index < -0.39 is 0 Å². The summed E-state index contributed by atoms with van der Waals surface area (Å²) in [4.78, 5) is 0. The van der Waals surface area contributed by atoms with E-state index in [1.165, 1.54) is 0 Å². The molecule has 0 rings (SSSR count). The van der Waals surface area contributed by atoms with E-state index in [-0.39, 0.29) is 27.9 Å². The molecule has 0 aromatic carbocycles. The average Bonchev–Trinajstić information content (AvgIpc) is 0.811. The first-order chi connectivity index (χ1) is 1.73. The first-order valence-corrected chi connectivity index (χ1v) is 1.56. The van der Waals surface area contributed by atoms with Gasteiger partial charge in [-0.25, -0.2) is 0 Å². The van der Waals surface area contributed by atoms with Crippen LogP contribution in [0.15, 0.2) is 0 Å². The SMILES string of the molecule is [CH2-]C(C)C.[NH2-].[Ti+2]. The second-order valence-electron chi connectivity index (χ2n) is 1.39. The van der Waals surface area contributed by atoms with Gasteiger partial charge in [-0.1, -0.05) is 13.8 Å². The van der Waals surface area contributed by atoms with E-state index in [2.05, 4.69) is 20.8 Å². The summed E-state index contributed by atoms with van der Waals surface area (Å²) in [5.74, 6) is 0.583. The summed E-state index contributed by atoms with van der Waals surface area (Å²) in [5.41, 5.74) is 0. The summed E-state index contributed by atoms with van der Waals surface area (Å²) in [7, 11) is 0. The third-order valence-corrected chi connectivity index (χ3v) is 0. The van der Waals surface area contributed by atoms with E-state index >= 15 is 0 Å². The monoisotopic (exact) mass is 121 g/mol. The van der Waals surface area contributed by atoms with Crippen LogP contribution in [-0.2, 0) is 21.7 Å². The predicted molar refractivity (Wildman–Crippen MR) is 25.5 cm³/mol. The number of rotatable bonds is 0. The maximum atomic E-state index is 3.64. The molecule has 6 heavy (non-hydrogen) atoms. The predicted octanol–water partition coefficient (Wildman–Crippen LogP) is 2.19. The third-order valence-electron chi connectivity index (χ3n) is 0. The minimum atomic E-state index is 0. The summed E-state index contributed by atoms with van der Waals surface area (Å²) in [6.45, 7) is 7.75. The van der Waals surface area contributed by atoms with Crippen LogP contribution in [0.2, 0.25) is 0 Å². The Bertz CT molecular complexity index is 12.3. The summed E-state index contributed by atoms with van der Waals surface area (Å²) in [6.07, 6.45) is 0. The molecule has 0 amide bonds. The van der Waals surface area contributed by atoms with Crippen molar-refractivity contribution in [3.05, 3.63) is 13.1 Å². The van der Waals surface area contributed by atoms with Crippen LogP contribution in [0.1, 0.15) is 13.8 Å². The Labute approximate surface area is 55.0 Å². The molecule has 0 aliphatic heterocycles. The Hall–Kier alpha value is 0.674. The fraction of sp³-hybridized carbons (Fsp3) is 0.750. The van der Waals surface area contributed by atoms with Gasteiger partial charge in [-0.3, -0.25) is 0 Å². The largest absolute Gasteiger partial charge is 2.00 e. The van der Waals surface area contributed by atoms with Crippen molar-refractivity contribution < 1.29 is 21.7 Å². The van der Waals surface area contributed by atoms with E-state index in [9.17, 15) is 0 Å². The minimum Gasteiger partial charge on any atom is -0.693 e. The van der Waals surface area contributed by atoms with E-state index in [1.807, 2.05) is 0 Å². The van der Waals surface area contributed by atoms with Gasteiger partial charge in [-0.2, -0.15) is 5.92 Å². The summed E-state index contributed by atoms with van der Waals surface area (Å²) in [5, 5.41) is 0. The number of hydrogen-bond acceptors (Lipinski definition) is 0. The van der Waals surface area contributed by atoms with Crippen LogP contribution in [0.3, 0.4) is 0 Å². The molecule has 0 unspecified atom stereocenters. The molecule has 0 saturated heterocycles. The zero-order valence-electron chi connectivity index (χ0n) is 4.36. The van der Waals surface area contributed by atoms with Crippen LogP contribution in [0.5, 0.6) is 0 Å². The second-order valence-corrected chi connectivity index (χ2v) is 1.39. The van der Waals surface area contributed by atoms with Crippen LogP contribution < -0.4 is 0 Å². The standard InChI is InChI=1S/C4H9.H2N.Ti/c1-4(2)3;;/h4H,1H2,2-3H3;1H2;/q2*-1;+2. The molecule has 0 spiro atoms. The van der Waals surface area contributed by atoms with Gasteiger partial charge in [0.1, 0.15) is 0 Å². The molecule has 0 radical (unpaired) electrons. The summed E-state index contributed by atoms with van der Waals surface area (Å²) < 4.78 is 0. The second kappa shape index (κ2) is 9.18. The van der Waals surface area contributed by atoms with Gasteiger partial charge in [0.2, 0.25) is 0 Å². The Morgan fingerprint density at radius 2 is 1.33 bits per heavy atom. The maximum absolute atomic E-state index is 3.64. The molecule has 0 aromatic rings. The van der Waals surface area contributed by atoms with Gasteiger partial charge in [0.25, 0.3) is 0 Å². The van der Waals surface area contributed by atoms with Crippen molar-refractivity contribution >= 4 is 0 Å². The molecule has 2 N–H and O–H groups in total. The van der Waals surface area contributed by atoms with Crippen molar-refractivity contribution in [2.45, 2.75) is 13.8 Å².